The van der Waals surface area contributed by atoms with Crippen molar-refractivity contribution in [2.24, 2.45) is 0 Å². The van der Waals surface area contributed by atoms with E-state index in [2.05, 4.69) is 10.6 Å². The van der Waals surface area contributed by atoms with Crippen LogP contribution in [-0.4, -0.2) is 42.2 Å². The number of aliphatic hydroxyl groups excluding tert-OH is 1. The van der Waals surface area contributed by atoms with Crippen molar-refractivity contribution in [3.63, 3.8) is 0 Å². The molecule has 4 N–H and O–H groups in total. The molecule has 0 saturated carbocycles. The lowest BCUT2D eigenvalue weighted by molar-refractivity contribution is -0.0665. The summed E-state index contributed by atoms with van der Waals surface area (Å²) in [5.41, 5.74) is -0.0700. The summed E-state index contributed by atoms with van der Waals surface area (Å²) in [7, 11) is 1.88. The van der Waals surface area contributed by atoms with Gasteiger partial charge in [-0.25, -0.2) is 0 Å². The standard InChI is InChI=1S/C8H18N2O2/c1-9-8(6-7(11)12)2-4-10-5-3-8/h7,9-12H,2-6H2,1H3. The third-order valence-electron chi connectivity index (χ3n) is 2.66. The van der Waals surface area contributed by atoms with Gasteiger partial charge in [0.15, 0.2) is 6.29 Å². The van der Waals surface area contributed by atoms with Crippen molar-refractivity contribution in [1.82, 2.24) is 10.6 Å². The Kier molecular flexibility index (Phi) is 3.46. The van der Waals surface area contributed by atoms with Crippen LogP contribution in [0.1, 0.15) is 19.3 Å². The van der Waals surface area contributed by atoms with Gasteiger partial charge >= 0.3 is 0 Å². The van der Waals surface area contributed by atoms with Crippen LogP contribution in [0.4, 0.5) is 0 Å². The van der Waals surface area contributed by atoms with Crippen molar-refractivity contribution < 1.29 is 10.2 Å². The van der Waals surface area contributed by atoms with Gasteiger partial charge in [-0.1, -0.05) is 0 Å². The van der Waals surface area contributed by atoms with Crippen molar-refractivity contribution in [1.29, 1.82) is 0 Å². The van der Waals surface area contributed by atoms with Crippen molar-refractivity contribution in [3.8, 4) is 0 Å². The fourth-order valence-electron chi connectivity index (χ4n) is 1.81. The molecule has 0 aromatic heterocycles. The normalized spacial score (nSPS) is 23.0. The predicted molar refractivity (Wildman–Crippen MR) is 46.7 cm³/mol. The molecular weight excluding hydrogens is 156 g/mol. The molecule has 0 unspecified atom stereocenters. The first-order valence-corrected chi connectivity index (χ1v) is 4.44. The maximum absolute atomic E-state index is 8.90. The van der Waals surface area contributed by atoms with Gasteiger partial charge in [0.25, 0.3) is 0 Å². The van der Waals surface area contributed by atoms with Gasteiger partial charge in [-0.2, -0.15) is 0 Å². The van der Waals surface area contributed by atoms with Crippen molar-refractivity contribution in [2.75, 3.05) is 20.1 Å². The molecule has 0 radical (unpaired) electrons. The fourth-order valence-corrected chi connectivity index (χ4v) is 1.81. The van der Waals surface area contributed by atoms with Gasteiger partial charge in [-0.15, -0.1) is 0 Å². The average molecular weight is 174 g/mol. The quantitative estimate of drug-likeness (QED) is 0.416. The number of rotatable bonds is 3. The highest BCUT2D eigenvalue weighted by Gasteiger charge is 2.31. The number of nitrogens with one attached hydrogen (secondary N) is 2. The van der Waals surface area contributed by atoms with Crippen LogP contribution in [0.15, 0.2) is 0 Å². The number of aliphatic hydroxyl groups is 2. The summed E-state index contributed by atoms with van der Waals surface area (Å²) >= 11 is 0. The van der Waals surface area contributed by atoms with Crippen molar-refractivity contribution >= 4 is 0 Å². The molecule has 0 spiro atoms. The van der Waals surface area contributed by atoms with Gasteiger partial charge in [-0.05, 0) is 33.0 Å². The maximum Gasteiger partial charge on any atom is 0.153 e. The van der Waals surface area contributed by atoms with Gasteiger partial charge in [0.2, 0.25) is 0 Å². The molecule has 0 aromatic carbocycles. The van der Waals surface area contributed by atoms with Crippen LogP contribution in [0, 0.1) is 0 Å². The van der Waals surface area contributed by atoms with Crippen LogP contribution in [0.5, 0.6) is 0 Å². The molecule has 0 aliphatic carbocycles. The van der Waals surface area contributed by atoms with Gasteiger partial charge in [0.1, 0.15) is 0 Å². The fraction of sp³-hybridized carbons (Fsp3) is 1.00. The summed E-state index contributed by atoms with van der Waals surface area (Å²) in [6.07, 6.45) is 1.14. The number of hydrogen-bond acceptors (Lipinski definition) is 4. The monoisotopic (exact) mass is 174 g/mol. The Labute approximate surface area is 73.0 Å². The Morgan fingerprint density at radius 1 is 1.42 bits per heavy atom. The molecule has 0 aromatic rings. The van der Waals surface area contributed by atoms with Crippen LogP contribution >= 0.6 is 0 Å². The third-order valence-corrected chi connectivity index (χ3v) is 2.66. The van der Waals surface area contributed by atoms with E-state index in [9.17, 15) is 0 Å². The minimum absolute atomic E-state index is 0.0700. The van der Waals surface area contributed by atoms with Crippen LogP contribution in [-0.2, 0) is 0 Å². The molecule has 0 atom stereocenters. The van der Waals surface area contributed by atoms with E-state index in [-0.39, 0.29) is 5.54 Å². The third kappa shape index (κ3) is 2.42. The highest BCUT2D eigenvalue weighted by Crippen LogP contribution is 2.22. The van der Waals surface area contributed by atoms with Gasteiger partial charge in [0.05, 0.1) is 0 Å². The van der Waals surface area contributed by atoms with Crippen LogP contribution in [0.3, 0.4) is 0 Å². The minimum atomic E-state index is -1.20. The molecule has 1 fully saturated rings. The first-order valence-electron chi connectivity index (χ1n) is 4.44. The smallest absolute Gasteiger partial charge is 0.153 e. The van der Waals surface area contributed by atoms with E-state index in [0.717, 1.165) is 25.9 Å². The molecule has 1 saturated heterocycles. The predicted octanol–water partition coefficient (Wildman–Crippen LogP) is -0.971. The second kappa shape index (κ2) is 4.18. The average Bonchev–Trinajstić information content (AvgIpc) is 2.05. The van der Waals surface area contributed by atoms with E-state index in [1.165, 1.54) is 0 Å². The lowest BCUT2D eigenvalue weighted by Crippen LogP contribution is -2.52. The van der Waals surface area contributed by atoms with E-state index >= 15 is 0 Å². The van der Waals surface area contributed by atoms with Crippen molar-refractivity contribution in [3.05, 3.63) is 0 Å². The molecule has 1 aliphatic heterocycles. The van der Waals surface area contributed by atoms with Gasteiger partial charge in [-0.3, -0.25) is 0 Å². The lowest BCUT2D eigenvalue weighted by atomic mass is 9.85. The second-order valence-corrected chi connectivity index (χ2v) is 3.47. The van der Waals surface area contributed by atoms with Crippen LogP contribution in [0.2, 0.25) is 0 Å². The Balaban J connectivity index is 2.48. The molecule has 12 heavy (non-hydrogen) atoms. The van der Waals surface area contributed by atoms with Gasteiger partial charge in [0, 0.05) is 12.0 Å². The SMILES string of the molecule is CNC1(CC(O)O)CCNCC1. The number of piperidine rings is 1. The molecule has 1 heterocycles. The molecule has 72 valence electrons. The Morgan fingerprint density at radius 3 is 2.42 bits per heavy atom. The van der Waals surface area contributed by atoms with E-state index in [0.29, 0.717) is 6.42 Å². The Morgan fingerprint density at radius 2 is 2.00 bits per heavy atom. The first kappa shape index (κ1) is 9.92. The highest BCUT2D eigenvalue weighted by molar-refractivity contribution is 4.91. The number of hydrogen-bond donors (Lipinski definition) is 4. The lowest BCUT2D eigenvalue weighted by Gasteiger charge is -2.38. The van der Waals surface area contributed by atoms with E-state index in [4.69, 9.17) is 10.2 Å². The zero-order valence-corrected chi connectivity index (χ0v) is 7.51. The summed E-state index contributed by atoms with van der Waals surface area (Å²) in [5, 5.41) is 24.2. The maximum atomic E-state index is 8.90. The second-order valence-electron chi connectivity index (χ2n) is 3.47. The van der Waals surface area contributed by atoms with Crippen LogP contribution in [0.25, 0.3) is 0 Å². The van der Waals surface area contributed by atoms with Crippen LogP contribution < -0.4 is 10.6 Å². The molecule has 1 rings (SSSR count). The summed E-state index contributed by atoms with van der Waals surface area (Å²) < 4.78 is 0. The van der Waals surface area contributed by atoms with E-state index in [1.807, 2.05) is 7.05 Å². The minimum Gasteiger partial charge on any atom is -0.368 e. The summed E-state index contributed by atoms with van der Waals surface area (Å²) in [6, 6.07) is 0. The largest absolute Gasteiger partial charge is 0.368 e. The highest BCUT2D eigenvalue weighted by atomic mass is 16.5. The Bertz CT molecular complexity index is 133. The summed E-state index contributed by atoms with van der Waals surface area (Å²) in [5.74, 6) is 0. The van der Waals surface area contributed by atoms with Gasteiger partial charge < -0.3 is 20.8 Å². The first-order chi connectivity index (χ1) is 5.68. The molecule has 4 heteroatoms. The van der Waals surface area contributed by atoms with Crippen molar-refractivity contribution in [2.45, 2.75) is 31.1 Å². The Hall–Kier alpha value is -0.160. The van der Waals surface area contributed by atoms with E-state index < -0.39 is 6.29 Å². The molecule has 4 nitrogen and oxygen atoms in total. The van der Waals surface area contributed by atoms with E-state index in [1.54, 1.807) is 0 Å². The molecule has 0 amide bonds. The zero-order valence-electron chi connectivity index (χ0n) is 7.51. The molecule has 0 bridgehead atoms. The molecule has 1 aliphatic rings. The topological polar surface area (TPSA) is 64.5 Å². The zero-order chi connectivity index (χ0) is 9.03. The summed E-state index contributed by atoms with van der Waals surface area (Å²) in [4.78, 5) is 0. The summed E-state index contributed by atoms with van der Waals surface area (Å²) in [6.45, 7) is 1.90. The molecular formula is C8H18N2O2.